The van der Waals surface area contributed by atoms with Crippen LogP contribution in [0.5, 0.6) is 0 Å². The third-order valence-corrected chi connectivity index (χ3v) is 2.56. The van der Waals surface area contributed by atoms with Gasteiger partial charge in [0.2, 0.25) is 0 Å². The van der Waals surface area contributed by atoms with Crippen LogP contribution >= 0.6 is 0 Å². The maximum absolute atomic E-state index is 11.6. The summed E-state index contributed by atoms with van der Waals surface area (Å²) in [5.74, 6) is -1.06. The van der Waals surface area contributed by atoms with Crippen LogP contribution in [0.25, 0.3) is 0 Å². The number of carbonyl (C=O) groups is 2. The summed E-state index contributed by atoms with van der Waals surface area (Å²) in [6.07, 6.45) is 2.03. The zero-order chi connectivity index (χ0) is 16.4. The number of carbonyl (C=O) groups excluding carboxylic acids is 2. The van der Waals surface area contributed by atoms with Gasteiger partial charge in [-0.1, -0.05) is 6.92 Å². The van der Waals surface area contributed by atoms with Gasteiger partial charge in [-0.2, -0.15) is 5.26 Å². The van der Waals surface area contributed by atoms with Crippen LogP contribution in [0.1, 0.15) is 30.6 Å². The topological polar surface area (TPSA) is 88.4 Å². The van der Waals surface area contributed by atoms with Crippen molar-refractivity contribution >= 4 is 17.6 Å². The van der Waals surface area contributed by atoms with Crippen LogP contribution in [-0.2, 0) is 14.3 Å². The van der Waals surface area contributed by atoms with Gasteiger partial charge in [0.25, 0.3) is 0 Å². The second-order valence-corrected chi connectivity index (χ2v) is 4.25. The zero-order valence-electron chi connectivity index (χ0n) is 12.6. The van der Waals surface area contributed by atoms with Gasteiger partial charge in [-0.05, 0) is 37.6 Å². The Hall–Kier alpha value is -2.81. The molecule has 1 aromatic carbocycles. The number of anilines is 1. The zero-order valence-corrected chi connectivity index (χ0v) is 12.6. The fraction of sp³-hybridized carbons (Fsp3) is 0.312. The van der Waals surface area contributed by atoms with Crippen molar-refractivity contribution in [2.75, 3.05) is 18.5 Å². The number of ether oxygens (including phenoxy) is 2. The highest BCUT2D eigenvalue weighted by atomic mass is 16.5. The summed E-state index contributed by atoms with van der Waals surface area (Å²) in [5, 5.41) is 11.7. The van der Waals surface area contributed by atoms with Gasteiger partial charge in [0.05, 0.1) is 18.8 Å². The molecule has 0 bridgehead atoms. The van der Waals surface area contributed by atoms with Crippen molar-refractivity contribution in [3.8, 4) is 6.07 Å². The lowest BCUT2D eigenvalue weighted by Crippen LogP contribution is -2.08. The first-order valence-electron chi connectivity index (χ1n) is 6.93. The smallest absolute Gasteiger partial charge is 0.350 e. The van der Waals surface area contributed by atoms with E-state index in [-0.39, 0.29) is 18.1 Å². The second kappa shape index (κ2) is 9.19. The summed E-state index contributed by atoms with van der Waals surface area (Å²) in [5.41, 5.74) is 0.936. The molecule has 6 heteroatoms. The maximum Gasteiger partial charge on any atom is 0.350 e. The molecule has 0 fully saturated rings. The van der Waals surface area contributed by atoms with Gasteiger partial charge in [0.1, 0.15) is 6.07 Å². The molecular weight excluding hydrogens is 284 g/mol. The van der Waals surface area contributed by atoms with Gasteiger partial charge in [-0.25, -0.2) is 9.59 Å². The van der Waals surface area contributed by atoms with Gasteiger partial charge in [0, 0.05) is 11.9 Å². The lowest BCUT2D eigenvalue weighted by Gasteiger charge is -2.05. The van der Waals surface area contributed by atoms with E-state index in [0.29, 0.717) is 17.9 Å². The molecule has 0 heterocycles. The summed E-state index contributed by atoms with van der Waals surface area (Å²) < 4.78 is 9.76. The number of nitrogens with zero attached hydrogens (tertiary/aromatic N) is 1. The largest absolute Gasteiger partial charge is 0.462 e. The Morgan fingerprint density at radius 1 is 1.23 bits per heavy atom. The Bertz CT molecular complexity index is 585. The molecule has 0 aliphatic rings. The highest BCUT2D eigenvalue weighted by Gasteiger charge is 2.09. The van der Waals surface area contributed by atoms with Gasteiger partial charge in [-0.3, -0.25) is 0 Å². The van der Waals surface area contributed by atoms with E-state index in [1.54, 1.807) is 37.3 Å². The Morgan fingerprint density at radius 2 is 1.91 bits per heavy atom. The van der Waals surface area contributed by atoms with E-state index in [0.717, 1.165) is 6.42 Å². The van der Waals surface area contributed by atoms with Crippen molar-refractivity contribution in [3.63, 3.8) is 0 Å². The number of rotatable bonds is 7. The molecule has 0 aliphatic heterocycles. The van der Waals surface area contributed by atoms with Gasteiger partial charge < -0.3 is 14.8 Å². The van der Waals surface area contributed by atoms with E-state index in [9.17, 15) is 9.59 Å². The number of benzene rings is 1. The van der Waals surface area contributed by atoms with E-state index in [1.165, 1.54) is 6.20 Å². The van der Waals surface area contributed by atoms with Crippen molar-refractivity contribution in [2.45, 2.75) is 20.3 Å². The first kappa shape index (κ1) is 17.2. The molecule has 0 atom stereocenters. The van der Waals surface area contributed by atoms with E-state index in [1.807, 2.05) is 6.92 Å². The van der Waals surface area contributed by atoms with Gasteiger partial charge >= 0.3 is 11.9 Å². The first-order valence-corrected chi connectivity index (χ1v) is 6.93. The molecule has 0 saturated carbocycles. The summed E-state index contributed by atoms with van der Waals surface area (Å²) in [6.45, 7) is 4.17. The van der Waals surface area contributed by atoms with Crippen LogP contribution in [0, 0.1) is 11.3 Å². The summed E-state index contributed by atoms with van der Waals surface area (Å²) in [4.78, 5) is 23.1. The van der Waals surface area contributed by atoms with Crippen LogP contribution in [-0.4, -0.2) is 25.2 Å². The molecule has 0 saturated heterocycles. The third-order valence-electron chi connectivity index (χ3n) is 2.56. The first-order chi connectivity index (χ1) is 10.6. The highest BCUT2D eigenvalue weighted by Crippen LogP contribution is 2.11. The second-order valence-electron chi connectivity index (χ2n) is 4.25. The molecule has 0 spiro atoms. The SMILES string of the molecule is CCCOC(=O)c1ccc(N/C=C(/C#N)C(=O)OCC)cc1. The normalized spacial score (nSPS) is 10.5. The third kappa shape index (κ3) is 5.29. The molecule has 0 radical (unpaired) electrons. The van der Waals surface area contributed by atoms with E-state index in [4.69, 9.17) is 14.7 Å². The average molecular weight is 302 g/mol. The molecule has 0 aliphatic carbocycles. The van der Waals surface area contributed by atoms with Crippen LogP contribution in [0.4, 0.5) is 5.69 Å². The monoisotopic (exact) mass is 302 g/mol. The standard InChI is InChI=1S/C16H18N2O4/c1-3-9-22-15(19)12-5-7-14(8-6-12)18-11-13(10-17)16(20)21-4-2/h5-8,11,18H,3-4,9H2,1-2H3/b13-11-. The lowest BCUT2D eigenvalue weighted by atomic mass is 10.2. The molecule has 1 N–H and O–H groups in total. The number of hydrogen-bond acceptors (Lipinski definition) is 6. The lowest BCUT2D eigenvalue weighted by molar-refractivity contribution is -0.138. The Kier molecular flexibility index (Phi) is 7.20. The molecule has 22 heavy (non-hydrogen) atoms. The predicted octanol–water partition coefficient (Wildman–Crippen LogP) is 2.64. The van der Waals surface area contributed by atoms with Gasteiger partial charge in [0.15, 0.2) is 5.57 Å². The van der Waals surface area contributed by atoms with Crippen LogP contribution in [0.15, 0.2) is 36.0 Å². The van der Waals surface area contributed by atoms with E-state index in [2.05, 4.69) is 5.32 Å². The van der Waals surface area contributed by atoms with Crippen molar-refractivity contribution in [2.24, 2.45) is 0 Å². The van der Waals surface area contributed by atoms with Crippen LogP contribution < -0.4 is 5.32 Å². The Labute approximate surface area is 129 Å². The average Bonchev–Trinajstić information content (AvgIpc) is 2.54. The number of hydrogen-bond donors (Lipinski definition) is 1. The van der Waals surface area contributed by atoms with Crippen molar-refractivity contribution < 1.29 is 19.1 Å². The maximum atomic E-state index is 11.6. The molecule has 0 aromatic heterocycles. The highest BCUT2D eigenvalue weighted by molar-refractivity contribution is 5.93. The fourth-order valence-electron chi connectivity index (χ4n) is 1.48. The number of esters is 2. The molecule has 1 rings (SSSR count). The quantitative estimate of drug-likeness (QED) is 0.473. The minimum absolute atomic E-state index is 0.131. The predicted molar refractivity (Wildman–Crippen MR) is 81.0 cm³/mol. The molecule has 0 amide bonds. The minimum Gasteiger partial charge on any atom is -0.462 e. The van der Waals surface area contributed by atoms with E-state index >= 15 is 0 Å². The minimum atomic E-state index is -0.683. The molecule has 0 unspecified atom stereocenters. The van der Waals surface area contributed by atoms with Crippen LogP contribution in [0.2, 0.25) is 0 Å². The number of nitrogens with one attached hydrogen (secondary N) is 1. The van der Waals surface area contributed by atoms with Crippen molar-refractivity contribution in [3.05, 3.63) is 41.6 Å². The van der Waals surface area contributed by atoms with Crippen molar-refractivity contribution in [1.29, 1.82) is 5.26 Å². The van der Waals surface area contributed by atoms with Gasteiger partial charge in [-0.15, -0.1) is 0 Å². The molecule has 6 nitrogen and oxygen atoms in total. The Balaban J connectivity index is 2.69. The summed E-state index contributed by atoms with van der Waals surface area (Å²) in [7, 11) is 0. The Morgan fingerprint density at radius 3 is 2.45 bits per heavy atom. The fourth-order valence-corrected chi connectivity index (χ4v) is 1.48. The van der Waals surface area contributed by atoms with Crippen molar-refractivity contribution in [1.82, 2.24) is 0 Å². The number of nitriles is 1. The summed E-state index contributed by atoms with van der Waals surface area (Å²) in [6, 6.07) is 8.27. The molecule has 116 valence electrons. The summed E-state index contributed by atoms with van der Waals surface area (Å²) >= 11 is 0. The molecule has 1 aromatic rings. The van der Waals surface area contributed by atoms with Crippen LogP contribution in [0.3, 0.4) is 0 Å². The molecular formula is C16H18N2O4. The van der Waals surface area contributed by atoms with E-state index < -0.39 is 5.97 Å².